The van der Waals surface area contributed by atoms with Gasteiger partial charge in [-0.1, -0.05) is 13.8 Å². The molecule has 1 unspecified atom stereocenters. The molecule has 1 atom stereocenters. The van der Waals surface area contributed by atoms with E-state index in [1.807, 2.05) is 0 Å². The van der Waals surface area contributed by atoms with E-state index in [0.29, 0.717) is 30.5 Å². The zero-order chi connectivity index (χ0) is 15.6. The summed E-state index contributed by atoms with van der Waals surface area (Å²) in [5.74, 6) is 0.0895. The van der Waals surface area contributed by atoms with E-state index in [1.165, 1.54) is 0 Å². The number of likely N-dealkylation sites (N-methyl/N-ethyl adjacent to an activating group) is 1. The molecule has 0 aliphatic carbocycles. The first kappa shape index (κ1) is 16.7. The maximum Gasteiger partial charge on any atom is 0.246 e. The van der Waals surface area contributed by atoms with Gasteiger partial charge in [-0.2, -0.15) is 9.40 Å². The molecule has 1 N–H and O–H groups in total. The molecule has 6 nitrogen and oxygen atoms in total. The van der Waals surface area contributed by atoms with Gasteiger partial charge in [0.25, 0.3) is 0 Å². The van der Waals surface area contributed by atoms with Crippen molar-refractivity contribution >= 4 is 21.6 Å². The molecule has 0 aromatic carbocycles. The molecule has 1 saturated heterocycles. The summed E-state index contributed by atoms with van der Waals surface area (Å²) in [4.78, 5) is 2.55. The van der Waals surface area contributed by atoms with Crippen molar-refractivity contribution in [2.75, 3.05) is 26.2 Å². The number of nitrogens with one attached hydrogen (secondary N) is 1. The van der Waals surface area contributed by atoms with E-state index in [2.05, 4.69) is 28.9 Å². The molecule has 0 spiro atoms. The lowest BCUT2D eigenvalue weighted by molar-refractivity contribution is 0.224. The van der Waals surface area contributed by atoms with Gasteiger partial charge in [0.05, 0.1) is 17.3 Å². The standard InChI is InChI=1S/C13H23ClN4O2S/c1-4-17(5-2)11-6-7-18(9-11)21(19,20)13-10(3)15-16-12(13)8-14/h11H,4-9H2,1-3H3,(H,15,16). The van der Waals surface area contributed by atoms with Gasteiger partial charge in [-0.25, -0.2) is 8.42 Å². The first-order chi connectivity index (χ1) is 9.95. The first-order valence-electron chi connectivity index (χ1n) is 7.29. The molecule has 120 valence electrons. The normalized spacial score (nSPS) is 20.5. The number of rotatable bonds is 6. The van der Waals surface area contributed by atoms with Gasteiger partial charge >= 0.3 is 0 Å². The molecule has 1 aliphatic rings. The van der Waals surface area contributed by atoms with Gasteiger partial charge < -0.3 is 0 Å². The zero-order valence-electron chi connectivity index (χ0n) is 12.8. The van der Waals surface area contributed by atoms with E-state index in [4.69, 9.17) is 11.6 Å². The Hall–Kier alpha value is -0.630. The quantitative estimate of drug-likeness (QED) is 0.802. The maximum atomic E-state index is 12.8. The van der Waals surface area contributed by atoms with Crippen LogP contribution in [0, 0.1) is 6.92 Å². The lowest BCUT2D eigenvalue weighted by atomic mass is 10.2. The Bertz CT molecular complexity index is 583. The monoisotopic (exact) mass is 334 g/mol. The van der Waals surface area contributed by atoms with E-state index in [-0.39, 0.29) is 10.8 Å². The van der Waals surface area contributed by atoms with E-state index in [0.717, 1.165) is 19.5 Å². The van der Waals surface area contributed by atoms with Crippen LogP contribution in [0.4, 0.5) is 0 Å². The van der Waals surface area contributed by atoms with Gasteiger partial charge in [-0.05, 0) is 26.4 Å². The van der Waals surface area contributed by atoms with E-state index < -0.39 is 10.0 Å². The third-order valence-corrected chi connectivity index (χ3v) is 6.46. The summed E-state index contributed by atoms with van der Waals surface area (Å²) < 4.78 is 27.2. The van der Waals surface area contributed by atoms with Crippen LogP contribution in [0.15, 0.2) is 4.90 Å². The average Bonchev–Trinajstić information content (AvgIpc) is 3.07. The minimum atomic E-state index is -3.52. The van der Waals surface area contributed by atoms with E-state index in [9.17, 15) is 8.42 Å². The van der Waals surface area contributed by atoms with Crippen LogP contribution < -0.4 is 0 Å². The topological polar surface area (TPSA) is 69.3 Å². The zero-order valence-corrected chi connectivity index (χ0v) is 14.3. The molecule has 2 rings (SSSR count). The number of sulfonamides is 1. The molecule has 2 heterocycles. The number of nitrogens with zero attached hydrogens (tertiary/aromatic N) is 3. The molecular formula is C13H23ClN4O2S. The fraction of sp³-hybridized carbons (Fsp3) is 0.769. The maximum absolute atomic E-state index is 12.8. The number of halogens is 1. The van der Waals surface area contributed by atoms with Gasteiger partial charge in [0, 0.05) is 19.1 Å². The van der Waals surface area contributed by atoms with Crippen LogP contribution in [-0.4, -0.2) is 60.0 Å². The van der Waals surface area contributed by atoms with Crippen molar-refractivity contribution < 1.29 is 8.42 Å². The number of H-pyrrole nitrogens is 1. The highest BCUT2D eigenvalue weighted by molar-refractivity contribution is 7.89. The Kier molecular flexibility index (Phi) is 5.29. The lowest BCUT2D eigenvalue weighted by Crippen LogP contribution is -2.38. The van der Waals surface area contributed by atoms with Gasteiger partial charge in [-0.3, -0.25) is 10.00 Å². The summed E-state index contributed by atoms with van der Waals surface area (Å²) in [6.07, 6.45) is 0.869. The Balaban J connectivity index is 2.24. The van der Waals surface area contributed by atoms with Crippen LogP contribution in [0.2, 0.25) is 0 Å². The molecule has 1 aromatic rings. The number of hydrogen-bond acceptors (Lipinski definition) is 4. The van der Waals surface area contributed by atoms with Crippen LogP contribution in [0.1, 0.15) is 31.7 Å². The van der Waals surface area contributed by atoms with Gasteiger partial charge in [0.1, 0.15) is 4.90 Å². The van der Waals surface area contributed by atoms with Gasteiger partial charge in [0.2, 0.25) is 10.0 Å². The predicted molar refractivity (Wildman–Crippen MR) is 83.0 cm³/mol. The largest absolute Gasteiger partial charge is 0.300 e. The number of aryl methyl sites for hydroxylation is 1. The Morgan fingerprint density at radius 3 is 2.67 bits per heavy atom. The Morgan fingerprint density at radius 1 is 1.43 bits per heavy atom. The van der Waals surface area contributed by atoms with Gasteiger partial charge in [0.15, 0.2) is 0 Å². The Morgan fingerprint density at radius 2 is 2.10 bits per heavy atom. The predicted octanol–water partition coefficient (Wildman–Crippen LogP) is 1.56. The molecule has 21 heavy (non-hydrogen) atoms. The molecule has 0 amide bonds. The van der Waals surface area contributed by atoms with Crippen molar-refractivity contribution in [1.29, 1.82) is 0 Å². The minimum Gasteiger partial charge on any atom is -0.300 e. The first-order valence-corrected chi connectivity index (χ1v) is 9.27. The van der Waals surface area contributed by atoms with Crippen LogP contribution in [0.5, 0.6) is 0 Å². The SMILES string of the molecule is CCN(CC)C1CCN(S(=O)(=O)c2c(CCl)n[nH]c2C)C1. The molecule has 0 saturated carbocycles. The molecule has 1 fully saturated rings. The number of aromatic amines is 1. The second-order valence-corrected chi connectivity index (χ2v) is 7.43. The van der Waals surface area contributed by atoms with E-state index >= 15 is 0 Å². The van der Waals surface area contributed by atoms with E-state index in [1.54, 1.807) is 11.2 Å². The fourth-order valence-electron chi connectivity index (χ4n) is 3.00. The Labute approximate surface area is 131 Å². The number of aromatic nitrogens is 2. The number of hydrogen-bond donors (Lipinski definition) is 1. The van der Waals surface area contributed by atoms with Crippen LogP contribution >= 0.6 is 11.6 Å². The molecule has 1 aliphatic heterocycles. The third kappa shape index (κ3) is 3.11. The third-order valence-electron chi connectivity index (χ3n) is 4.14. The van der Waals surface area contributed by atoms with Crippen molar-refractivity contribution in [1.82, 2.24) is 19.4 Å². The summed E-state index contributed by atoms with van der Waals surface area (Å²) in [7, 11) is -3.52. The van der Waals surface area contributed by atoms with Crippen molar-refractivity contribution in [3.05, 3.63) is 11.4 Å². The van der Waals surface area contributed by atoms with Crippen LogP contribution in [-0.2, 0) is 15.9 Å². The fourth-order valence-corrected chi connectivity index (χ4v) is 5.09. The molecule has 0 radical (unpaired) electrons. The smallest absolute Gasteiger partial charge is 0.246 e. The molecule has 8 heteroatoms. The van der Waals surface area contributed by atoms with Crippen molar-refractivity contribution in [3.8, 4) is 0 Å². The van der Waals surface area contributed by atoms with Crippen LogP contribution in [0.3, 0.4) is 0 Å². The summed E-state index contributed by atoms with van der Waals surface area (Å²) >= 11 is 5.81. The van der Waals surface area contributed by atoms with Crippen LogP contribution in [0.25, 0.3) is 0 Å². The second kappa shape index (κ2) is 6.64. The molecule has 1 aromatic heterocycles. The summed E-state index contributed by atoms with van der Waals surface area (Å²) in [5.41, 5.74) is 0.956. The van der Waals surface area contributed by atoms with Gasteiger partial charge in [-0.15, -0.1) is 11.6 Å². The summed E-state index contributed by atoms with van der Waals surface area (Å²) in [6, 6.07) is 0.293. The highest BCUT2D eigenvalue weighted by Gasteiger charge is 2.37. The highest BCUT2D eigenvalue weighted by atomic mass is 35.5. The lowest BCUT2D eigenvalue weighted by Gasteiger charge is -2.26. The highest BCUT2D eigenvalue weighted by Crippen LogP contribution is 2.27. The summed E-state index contributed by atoms with van der Waals surface area (Å²) in [5, 5.41) is 6.71. The second-order valence-electron chi connectivity index (χ2n) is 5.28. The average molecular weight is 335 g/mol. The van der Waals surface area contributed by atoms with Crippen molar-refractivity contribution in [2.45, 2.75) is 44.0 Å². The summed E-state index contributed by atoms with van der Waals surface area (Å²) in [6.45, 7) is 8.89. The van der Waals surface area contributed by atoms with Crippen molar-refractivity contribution in [2.24, 2.45) is 0 Å². The minimum absolute atomic E-state index is 0.0895. The molecular weight excluding hydrogens is 312 g/mol. The van der Waals surface area contributed by atoms with Crippen molar-refractivity contribution in [3.63, 3.8) is 0 Å². The molecule has 0 bridgehead atoms. The number of alkyl halides is 1.